The van der Waals surface area contributed by atoms with Gasteiger partial charge in [-0.2, -0.15) is 5.26 Å². The van der Waals surface area contributed by atoms with Crippen LogP contribution in [-0.2, 0) is 0 Å². The molecular formula is C34H25N5S. The van der Waals surface area contributed by atoms with Gasteiger partial charge in [-0.25, -0.2) is 9.98 Å². The molecule has 0 bridgehead atoms. The van der Waals surface area contributed by atoms with Gasteiger partial charge in [0.15, 0.2) is 12.1 Å². The highest BCUT2D eigenvalue weighted by Gasteiger charge is 2.28. The first-order chi connectivity index (χ1) is 19.7. The lowest BCUT2D eigenvalue weighted by molar-refractivity contribution is 0.452. The summed E-state index contributed by atoms with van der Waals surface area (Å²) in [5, 5.41) is 19.1. The summed E-state index contributed by atoms with van der Waals surface area (Å²) < 4.78 is 2.60. The Balaban J connectivity index is 1.30. The molecule has 2 heterocycles. The molecule has 5 nitrogen and oxygen atoms in total. The number of nitrogens with zero attached hydrogens (tertiary/aromatic N) is 3. The van der Waals surface area contributed by atoms with Crippen LogP contribution in [0.4, 0.5) is 0 Å². The van der Waals surface area contributed by atoms with Crippen LogP contribution in [0.15, 0.2) is 119 Å². The van der Waals surface area contributed by atoms with E-state index in [2.05, 4.69) is 83.5 Å². The molecule has 0 saturated carbocycles. The molecule has 0 amide bonds. The molecule has 40 heavy (non-hydrogen) atoms. The fourth-order valence-corrected chi connectivity index (χ4v) is 6.52. The SMILES string of the molecule is N#Cc1ccc(C2=NC(c3ccccc3)=NC(NC3C=c4c(sc5ccccc45)=CC3c3ccccc3)N2)cc1. The summed E-state index contributed by atoms with van der Waals surface area (Å²) in [6.07, 6.45) is 4.34. The summed E-state index contributed by atoms with van der Waals surface area (Å²) in [4.78, 5) is 9.90. The Kier molecular flexibility index (Phi) is 6.29. The van der Waals surface area contributed by atoms with Gasteiger partial charge >= 0.3 is 0 Å². The number of hydrogen-bond acceptors (Lipinski definition) is 6. The van der Waals surface area contributed by atoms with E-state index in [0.717, 1.165) is 11.1 Å². The third kappa shape index (κ3) is 4.62. The zero-order valence-electron chi connectivity index (χ0n) is 21.5. The van der Waals surface area contributed by atoms with Crippen molar-refractivity contribution in [3.05, 3.63) is 141 Å². The van der Waals surface area contributed by atoms with Crippen molar-refractivity contribution in [2.75, 3.05) is 0 Å². The Bertz CT molecular complexity index is 1920. The molecule has 6 heteroatoms. The fraction of sp³-hybridized carbons (Fsp3) is 0.0882. The predicted octanol–water partition coefficient (Wildman–Crippen LogP) is 4.87. The van der Waals surface area contributed by atoms with Gasteiger partial charge in [0.05, 0.1) is 11.6 Å². The van der Waals surface area contributed by atoms with E-state index < -0.39 is 6.29 Å². The molecule has 1 aliphatic heterocycles. The first-order valence-corrected chi connectivity index (χ1v) is 14.1. The van der Waals surface area contributed by atoms with E-state index in [1.165, 1.54) is 25.4 Å². The molecule has 2 aliphatic rings. The lowest BCUT2D eigenvalue weighted by Crippen LogP contribution is -2.53. The number of amidine groups is 2. The van der Waals surface area contributed by atoms with Crippen molar-refractivity contribution >= 4 is 45.2 Å². The van der Waals surface area contributed by atoms with E-state index in [4.69, 9.17) is 9.98 Å². The molecular weight excluding hydrogens is 510 g/mol. The third-order valence-corrected chi connectivity index (χ3v) is 8.48. The highest BCUT2D eigenvalue weighted by atomic mass is 32.1. The van der Waals surface area contributed by atoms with Gasteiger partial charge in [-0.1, -0.05) is 91.0 Å². The number of nitriles is 1. The Morgan fingerprint density at radius 2 is 1.50 bits per heavy atom. The second kappa shape index (κ2) is 10.4. The van der Waals surface area contributed by atoms with Crippen LogP contribution >= 0.6 is 11.3 Å². The number of rotatable bonds is 5. The molecule has 3 unspecified atom stereocenters. The molecule has 4 aromatic carbocycles. The van der Waals surface area contributed by atoms with Crippen LogP contribution in [0, 0.1) is 11.3 Å². The van der Waals surface area contributed by atoms with Crippen molar-refractivity contribution < 1.29 is 0 Å². The molecule has 192 valence electrons. The Hall–Kier alpha value is -4.83. The van der Waals surface area contributed by atoms with Crippen LogP contribution in [0.5, 0.6) is 0 Å². The van der Waals surface area contributed by atoms with Crippen molar-refractivity contribution in [2.24, 2.45) is 9.98 Å². The lowest BCUT2D eigenvalue weighted by Gasteiger charge is -2.31. The number of nitrogens with one attached hydrogen (secondary N) is 2. The summed E-state index contributed by atoms with van der Waals surface area (Å²) in [6.45, 7) is 0. The van der Waals surface area contributed by atoms with Gasteiger partial charge in [0.1, 0.15) is 5.84 Å². The van der Waals surface area contributed by atoms with Gasteiger partial charge < -0.3 is 5.32 Å². The molecule has 0 radical (unpaired) electrons. The second-order valence-electron chi connectivity index (χ2n) is 9.85. The van der Waals surface area contributed by atoms with E-state index in [0.29, 0.717) is 17.2 Å². The summed E-state index contributed by atoms with van der Waals surface area (Å²) in [5.41, 5.74) is 3.72. The average Bonchev–Trinajstić information content (AvgIpc) is 3.39. The quantitative estimate of drug-likeness (QED) is 0.337. The van der Waals surface area contributed by atoms with Crippen molar-refractivity contribution in [3.63, 3.8) is 0 Å². The van der Waals surface area contributed by atoms with Crippen LogP contribution in [0.1, 0.15) is 28.2 Å². The van der Waals surface area contributed by atoms with E-state index >= 15 is 0 Å². The summed E-state index contributed by atoms with van der Waals surface area (Å²) >= 11 is 1.84. The largest absolute Gasteiger partial charge is 0.336 e. The zero-order valence-corrected chi connectivity index (χ0v) is 22.3. The van der Waals surface area contributed by atoms with Crippen molar-refractivity contribution in [1.82, 2.24) is 10.6 Å². The minimum absolute atomic E-state index is 0.00788. The monoisotopic (exact) mass is 535 g/mol. The van der Waals surface area contributed by atoms with Crippen molar-refractivity contribution in [2.45, 2.75) is 18.2 Å². The summed E-state index contributed by atoms with van der Waals surface area (Å²) in [5.74, 6) is 1.51. The van der Waals surface area contributed by atoms with Crippen molar-refractivity contribution in [3.8, 4) is 6.07 Å². The summed E-state index contributed by atoms with van der Waals surface area (Å²) in [6, 6.07) is 38.9. The van der Waals surface area contributed by atoms with Crippen LogP contribution in [-0.4, -0.2) is 24.0 Å². The number of aliphatic imine (C=N–C) groups is 2. The first-order valence-electron chi connectivity index (χ1n) is 13.3. The van der Waals surface area contributed by atoms with Gasteiger partial charge in [0, 0.05) is 37.7 Å². The topological polar surface area (TPSA) is 72.6 Å². The molecule has 0 saturated heterocycles. The predicted molar refractivity (Wildman–Crippen MR) is 164 cm³/mol. The maximum Gasteiger partial charge on any atom is 0.177 e. The second-order valence-corrected chi connectivity index (χ2v) is 10.9. The number of hydrogen-bond donors (Lipinski definition) is 2. The number of benzene rings is 4. The molecule has 7 rings (SSSR count). The Morgan fingerprint density at radius 3 is 2.27 bits per heavy atom. The normalized spacial score (nSPS) is 19.7. The zero-order chi connectivity index (χ0) is 26.9. The van der Waals surface area contributed by atoms with Crippen LogP contribution in [0.25, 0.3) is 22.2 Å². The molecule has 1 aliphatic carbocycles. The van der Waals surface area contributed by atoms with Crippen molar-refractivity contribution in [1.29, 1.82) is 5.26 Å². The molecule has 5 aromatic rings. The number of fused-ring (bicyclic) bond motifs is 3. The van der Waals surface area contributed by atoms with E-state index in [-0.39, 0.29) is 12.0 Å². The number of thiophene rings is 1. The maximum absolute atomic E-state index is 9.26. The fourth-order valence-electron chi connectivity index (χ4n) is 5.35. The van der Waals surface area contributed by atoms with Gasteiger partial charge in [0.2, 0.25) is 0 Å². The molecule has 3 atom stereocenters. The summed E-state index contributed by atoms with van der Waals surface area (Å²) in [7, 11) is 0. The standard InChI is InChI=1S/C34H25N5S/c35-21-22-15-17-25(18-16-22)33-37-32(24-11-5-2-6-12-24)38-34(39-33)36-29-19-28-26-13-7-8-14-30(26)40-31(28)20-27(29)23-9-3-1-4-10-23/h1-20,27,29,34,36H,(H,37,38,39). The van der Waals surface area contributed by atoms with Gasteiger partial charge in [-0.3, -0.25) is 5.32 Å². The smallest absolute Gasteiger partial charge is 0.177 e. The highest BCUT2D eigenvalue weighted by molar-refractivity contribution is 7.17. The van der Waals surface area contributed by atoms with Gasteiger partial charge in [0.25, 0.3) is 0 Å². The molecule has 2 N–H and O–H groups in total. The van der Waals surface area contributed by atoms with Crippen LogP contribution in [0.3, 0.4) is 0 Å². The average molecular weight is 536 g/mol. The van der Waals surface area contributed by atoms with E-state index in [9.17, 15) is 5.26 Å². The highest BCUT2D eigenvalue weighted by Crippen LogP contribution is 2.26. The van der Waals surface area contributed by atoms with Crippen LogP contribution < -0.4 is 20.4 Å². The lowest BCUT2D eigenvalue weighted by atomic mass is 9.87. The minimum atomic E-state index is -0.411. The van der Waals surface area contributed by atoms with Gasteiger partial charge in [-0.15, -0.1) is 11.3 Å². The van der Waals surface area contributed by atoms with Gasteiger partial charge in [-0.05, 0) is 41.1 Å². The first kappa shape index (κ1) is 24.2. The third-order valence-electron chi connectivity index (χ3n) is 7.32. The molecule has 0 fully saturated rings. The Morgan fingerprint density at radius 1 is 0.775 bits per heavy atom. The van der Waals surface area contributed by atoms with Crippen LogP contribution in [0.2, 0.25) is 0 Å². The molecule has 0 spiro atoms. The van der Waals surface area contributed by atoms with E-state index in [1.54, 1.807) is 0 Å². The Labute approximate surface area is 236 Å². The van der Waals surface area contributed by atoms with E-state index in [1.807, 2.05) is 65.9 Å². The molecule has 1 aromatic heterocycles. The maximum atomic E-state index is 9.26. The minimum Gasteiger partial charge on any atom is -0.336 e.